The Morgan fingerprint density at radius 2 is 2.25 bits per heavy atom. The molecule has 0 atom stereocenters. The van der Waals surface area contributed by atoms with Gasteiger partial charge in [-0.3, -0.25) is 4.79 Å². The number of rotatable bonds is 2. The van der Waals surface area contributed by atoms with Gasteiger partial charge < -0.3 is 9.42 Å². The highest BCUT2D eigenvalue weighted by molar-refractivity contribution is 5.87. The van der Waals surface area contributed by atoms with E-state index in [1.54, 1.807) is 4.90 Å². The van der Waals surface area contributed by atoms with Crippen molar-refractivity contribution in [2.45, 2.75) is 25.7 Å². The number of carbonyl (C=O) groups excluding carboxylic acids is 1. The van der Waals surface area contributed by atoms with Crippen molar-refractivity contribution in [2.75, 3.05) is 13.1 Å². The van der Waals surface area contributed by atoms with Crippen molar-refractivity contribution >= 4 is 5.91 Å². The predicted molar refractivity (Wildman–Crippen MR) is 57.8 cm³/mol. The van der Waals surface area contributed by atoms with Gasteiger partial charge in [0.1, 0.15) is 0 Å². The topological polar surface area (TPSA) is 59.2 Å². The van der Waals surface area contributed by atoms with E-state index in [0.29, 0.717) is 11.7 Å². The molecule has 0 aromatic carbocycles. The van der Waals surface area contributed by atoms with E-state index in [4.69, 9.17) is 4.52 Å². The molecular weight excluding hydrogens is 206 g/mol. The molecule has 2 rings (SSSR count). The van der Waals surface area contributed by atoms with Crippen molar-refractivity contribution in [3.63, 3.8) is 0 Å². The van der Waals surface area contributed by atoms with Gasteiger partial charge in [-0.1, -0.05) is 11.7 Å². The fraction of sp³-hybridized carbons (Fsp3) is 0.545. The number of aryl methyl sites for hydroxylation is 1. The molecule has 0 saturated carbocycles. The molecular formula is C11H15N3O2. The van der Waals surface area contributed by atoms with E-state index in [1.165, 1.54) is 6.08 Å². The summed E-state index contributed by atoms with van der Waals surface area (Å²) in [6, 6.07) is 0. The molecule has 0 bridgehead atoms. The van der Waals surface area contributed by atoms with Crippen molar-refractivity contribution in [2.24, 2.45) is 0 Å². The fourth-order valence-corrected chi connectivity index (χ4v) is 1.95. The van der Waals surface area contributed by atoms with Crippen LogP contribution in [0.4, 0.5) is 0 Å². The molecule has 1 aliphatic heterocycles. The largest absolute Gasteiger partial charge is 0.339 e. The number of likely N-dealkylation sites (tertiary alicyclic amines) is 1. The quantitative estimate of drug-likeness (QED) is 0.706. The van der Waals surface area contributed by atoms with E-state index in [1.807, 2.05) is 6.92 Å². The third-order valence-corrected chi connectivity index (χ3v) is 2.87. The normalized spacial score (nSPS) is 17.4. The number of piperidine rings is 1. The Morgan fingerprint density at radius 3 is 2.75 bits per heavy atom. The Morgan fingerprint density at radius 1 is 1.56 bits per heavy atom. The Kier molecular flexibility index (Phi) is 3.03. The average molecular weight is 221 g/mol. The summed E-state index contributed by atoms with van der Waals surface area (Å²) < 4.78 is 5.14. The van der Waals surface area contributed by atoms with Crippen LogP contribution in [0.25, 0.3) is 0 Å². The van der Waals surface area contributed by atoms with Gasteiger partial charge in [-0.25, -0.2) is 0 Å². The maximum Gasteiger partial charge on any atom is 0.245 e. The van der Waals surface area contributed by atoms with Crippen LogP contribution in [0.5, 0.6) is 0 Å². The van der Waals surface area contributed by atoms with E-state index in [0.717, 1.165) is 25.9 Å². The number of carbonyl (C=O) groups is 1. The second-order valence-electron chi connectivity index (χ2n) is 3.98. The molecule has 1 amide bonds. The van der Waals surface area contributed by atoms with Crippen molar-refractivity contribution in [1.29, 1.82) is 0 Å². The van der Waals surface area contributed by atoms with Crippen LogP contribution in [-0.2, 0) is 4.79 Å². The van der Waals surface area contributed by atoms with Crippen LogP contribution in [0.1, 0.15) is 30.5 Å². The summed E-state index contributed by atoms with van der Waals surface area (Å²) in [4.78, 5) is 17.4. The van der Waals surface area contributed by atoms with Crippen molar-refractivity contribution < 1.29 is 9.32 Å². The first-order chi connectivity index (χ1) is 7.70. The van der Waals surface area contributed by atoms with Gasteiger partial charge in [0.2, 0.25) is 11.8 Å². The van der Waals surface area contributed by atoms with Crippen molar-refractivity contribution in [3.05, 3.63) is 24.4 Å². The number of aromatic nitrogens is 2. The molecule has 1 fully saturated rings. The second-order valence-corrected chi connectivity index (χ2v) is 3.98. The van der Waals surface area contributed by atoms with Crippen LogP contribution in [0.2, 0.25) is 0 Å². The monoisotopic (exact) mass is 221 g/mol. The molecule has 1 aliphatic rings. The smallest absolute Gasteiger partial charge is 0.245 e. The molecule has 86 valence electrons. The highest BCUT2D eigenvalue weighted by Gasteiger charge is 2.26. The highest BCUT2D eigenvalue weighted by atomic mass is 16.5. The van der Waals surface area contributed by atoms with Crippen LogP contribution in [0, 0.1) is 6.92 Å². The lowest BCUT2D eigenvalue weighted by molar-refractivity contribution is -0.127. The fourth-order valence-electron chi connectivity index (χ4n) is 1.95. The number of hydrogen-bond acceptors (Lipinski definition) is 4. The molecule has 5 heteroatoms. The maximum absolute atomic E-state index is 11.4. The van der Waals surface area contributed by atoms with Crippen LogP contribution in [0.3, 0.4) is 0 Å². The number of nitrogens with zero attached hydrogens (tertiary/aromatic N) is 3. The lowest BCUT2D eigenvalue weighted by atomic mass is 9.97. The molecule has 0 spiro atoms. The van der Waals surface area contributed by atoms with Crippen LogP contribution in [0.15, 0.2) is 17.2 Å². The van der Waals surface area contributed by atoms with Gasteiger partial charge in [0, 0.05) is 19.0 Å². The molecule has 1 aromatic rings. The molecule has 5 nitrogen and oxygen atoms in total. The second kappa shape index (κ2) is 4.47. The zero-order valence-electron chi connectivity index (χ0n) is 9.35. The van der Waals surface area contributed by atoms with Crippen LogP contribution >= 0.6 is 0 Å². The number of amides is 1. The molecule has 0 aliphatic carbocycles. The van der Waals surface area contributed by atoms with Gasteiger partial charge in [-0.15, -0.1) is 0 Å². The summed E-state index contributed by atoms with van der Waals surface area (Å²) in [7, 11) is 0. The highest BCUT2D eigenvalue weighted by Crippen LogP contribution is 2.26. The summed E-state index contributed by atoms with van der Waals surface area (Å²) >= 11 is 0. The van der Waals surface area contributed by atoms with Gasteiger partial charge >= 0.3 is 0 Å². The lowest BCUT2D eigenvalue weighted by Gasteiger charge is -2.29. The summed E-state index contributed by atoms with van der Waals surface area (Å²) in [5.41, 5.74) is 0. The Balaban J connectivity index is 1.95. The maximum atomic E-state index is 11.4. The predicted octanol–water partition coefficient (Wildman–Crippen LogP) is 1.27. The van der Waals surface area contributed by atoms with Gasteiger partial charge in [0.15, 0.2) is 5.82 Å². The molecule has 1 saturated heterocycles. The summed E-state index contributed by atoms with van der Waals surface area (Å²) in [6.45, 7) is 6.76. The van der Waals surface area contributed by atoms with Gasteiger partial charge in [-0.05, 0) is 25.8 Å². The Bertz CT molecular complexity index is 392. The standard InChI is InChI=1S/C11H15N3O2/c1-3-10(15)14-6-4-9(5-7-14)11-12-8(2)13-16-11/h3,9H,1,4-7H2,2H3. The summed E-state index contributed by atoms with van der Waals surface area (Å²) in [5, 5.41) is 3.78. The molecule has 2 heterocycles. The Labute approximate surface area is 94.1 Å². The summed E-state index contributed by atoms with van der Waals surface area (Å²) in [5.74, 6) is 1.65. The van der Waals surface area contributed by atoms with E-state index in [2.05, 4.69) is 16.7 Å². The zero-order valence-corrected chi connectivity index (χ0v) is 9.35. The third kappa shape index (κ3) is 2.13. The van der Waals surface area contributed by atoms with E-state index in [-0.39, 0.29) is 11.8 Å². The van der Waals surface area contributed by atoms with Crippen molar-refractivity contribution in [1.82, 2.24) is 15.0 Å². The molecule has 0 unspecified atom stereocenters. The van der Waals surface area contributed by atoms with E-state index >= 15 is 0 Å². The Hall–Kier alpha value is -1.65. The minimum absolute atomic E-state index is 0.000148. The molecule has 0 N–H and O–H groups in total. The van der Waals surface area contributed by atoms with Crippen LogP contribution in [-0.4, -0.2) is 34.0 Å². The van der Waals surface area contributed by atoms with Gasteiger partial charge in [0.25, 0.3) is 0 Å². The van der Waals surface area contributed by atoms with E-state index in [9.17, 15) is 4.79 Å². The van der Waals surface area contributed by atoms with Gasteiger partial charge in [-0.2, -0.15) is 4.98 Å². The summed E-state index contributed by atoms with van der Waals surface area (Å²) in [6.07, 6.45) is 3.11. The average Bonchev–Trinajstić information content (AvgIpc) is 2.75. The first kappa shape index (κ1) is 10.9. The molecule has 16 heavy (non-hydrogen) atoms. The van der Waals surface area contributed by atoms with Crippen molar-refractivity contribution in [3.8, 4) is 0 Å². The van der Waals surface area contributed by atoms with Gasteiger partial charge in [0.05, 0.1) is 0 Å². The molecule has 0 radical (unpaired) electrons. The zero-order chi connectivity index (χ0) is 11.5. The first-order valence-corrected chi connectivity index (χ1v) is 5.42. The number of hydrogen-bond donors (Lipinski definition) is 0. The first-order valence-electron chi connectivity index (χ1n) is 5.42. The third-order valence-electron chi connectivity index (χ3n) is 2.87. The minimum atomic E-state index is 0.000148. The van der Waals surface area contributed by atoms with Crippen LogP contribution < -0.4 is 0 Å². The lowest BCUT2D eigenvalue weighted by Crippen LogP contribution is -2.36. The minimum Gasteiger partial charge on any atom is -0.339 e. The van der Waals surface area contributed by atoms with E-state index < -0.39 is 0 Å². The SMILES string of the molecule is C=CC(=O)N1CCC(c2nc(C)no2)CC1. The molecule has 1 aromatic heterocycles.